The Morgan fingerprint density at radius 3 is 2.56 bits per heavy atom. The van der Waals surface area contributed by atoms with E-state index in [9.17, 15) is 0 Å². The lowest BCUT2D eigenvalue weighted by Gasteiger charge is -2.29. The average molecular weight is 254 g/mol. The summed E-state index contributed by atoms with van der Waals surface area (Å²) in [6.45, 7) is 8.61. The molecule has 0 amide bonds. The maximum atomic E-state index is 6.35. The molecule has 2 N–H and O–H groups in total. The Kier molecular flexibility index (Phi) is 4.68. The fourth-order valence-corrected chi connectivity index (χ4v) is 2.99. The van der Waals surface area contributed by atoms with Crippen LogP contribution in [0.5, 0.6) is 0 Å². The van der Waals surface area contributed by atoms with Gasteiger partial charge in [-0.2, -0.15) is 0 Å². The Morgan fingerprint density at radius 1 is 1.28 bits per heavy atom. The van der Waals surface area contributed by atoms with Crippen LogP contribution in [0.25, 0.3) is 0 Å². The normalized spacial score (nSPS) is 31.2. The van der Waals surface area contributed by atoms with Crippen molar-refractivity contribution >= 4 is 0 Å². The zero-order valence-corrected chi connectivity index (χ0v) is 12.3. The van der Waals surface area contributed by atoms with E-state index in [1.54, 1.807) is 0 Å². The number of likely N-dealkylation sites (N-methyl/N-ethyl adjacent to an activating group) is 1. The molecule has 2 aliphatic rings. The first-order valence-corrected chi connectivity index (χ1v) is 7.51. The highest BCUT2D eigenvalue weighted by atomic mass is 16.5. The van der Waals surface area contributed by atoms with E-state index in [4.69, 9.17) is 10.5 Å². The zero-order chi connectivity index (χ0) is 13.2. The third-order valence-corrected chi connectivity index (χ3v) is 4.78. The SMILES string of the molecule is CN(CCOCC1CC1)CC1CCC(C)(C)C1N. The van der Waals surface area contributed by atoms with Gasteiger partial charge in [0.25, 0.3) is 0 Å². The average Bonchev–Trinajstić information content (AvgIpc) is 3.09. The van der Waals surface area contributed by atoms with Crippen LogP contribution in [-0.2, 0) is 4.74 Å². The summed E-state index contributed by atoms with van der Waals surface area (Å²) in [6.07, 6.45) is 5.30. The van der Waals surface area contributed by atoms with Crippen molar-refractivity contribution in [3.05, 3.63) is 0 Å². The summed E-state index contributed by atoms with van der Waals surface area (Å²) in [5.41, 5.74) is 6.68. The summed E-state index contributed by atoms with van der Waals surface area (Å²) >= 11 is 0. The van der Waals surface area contributed by atoms with Crippen molar-refractivity contribution in [3.8, 4) is 0 Å². The van der Waals surface area contributed by atoms with E-state index in [1.807, 2.05) is 0 Å². The largest absolute Gasteiger partial charge is 0.380 e. The zero-order valence-electron chi connectivity index (χ0n) is 12.3. The molecule has 2 atom stereocenters. The van der Waals surface area contributed by atoms with Crippen LogP contribution >= 0.6 is 0 Å². The molecule has 106 valence electrons. The number of hydrogen-bond donors (Lipinski definition) is 1. The summed E-state index contributed by atoms with van der Waals surface area (Å²) < 4.78 is 5.69. The molecule has 0 heterocycles. The molecule has 2 aliphatic carbocycles. The molecule has 18 heavy (non-hydrogen) atoms. The van der Waals surface area contributed by atoms with Gasteiger partial charge in [-0.15, -0.1) is 0 Å². The van der Waals surface area contributed by atoms with E-state index in [0.29, 0.717) is 17.4 Å². The Morgan fingerprint density at radius 2 is 2.00 bits per heavy atom. The standard InChI is InChI=1S/C15H30N2O/c1-15(2)7-6-13(14(15)16)10-17(3)8-9-18-11-12-4-5-12/h12-14H,4-11,16H2,1-3H3. The first kappa shape index (κ1) is 14.3. The molecule has 2 fully saturated rings. The molecule has 2 saturated carbocycles. The summed E-state index contributed by atoms with van der Waals surface area (Å²) in [6, 6.07) is 0.354. The first-order chi connectivity index (χ1) is 8.49. The Bertz CT molecular complexity index is 263. The van der Waals surface area contributed by atoms with E-state index in [-0.39, 0.29) is 0 Å². The summed E-state index contributed by atoms with van der Waals surface area (Å²) in [7, 11) is 2.19. The quantitative estimate of drug-likeness (QED) is 0.707. The molecule has 0 aromatic rings. The van der Waals surface area contributed by atoms with Gasteiger partial charge in [0.2, 0.25) is 0 Å². The lowest BCUT2D eigenvalue weighted by molar-refractivity contribution is 0.0975. The van der Waals surface area contributed by atoms with Crippen molar-refractivity contribution in [2.45, 2.75) is 45.6 Å². The van der Waals surface area contributed by atoms with E-state index in [0.717, 1.165) is 32.2 Å². The molecule has 3 heteroatoms. The molecule has 0 saturated heterocycles. The second-order valence-corrected chi connectivity index (χ2v) is 7.09. The van der Waals surface area contributed by atoms with Gasteiger partial charge in [0.15, 0.2) is 0 Å². The summed E-state index contributed by atoms with van der Waals surface area (Å²) in [5.74, 6) is 1.53. The topological polar surface area (TPSA) is 38.5 Å². The van der Waals surface area contributed by atoms with Crippen LogP contribution in [0, 0.1) is 17.3 Å². The van der Waals surface area contributed by atoms with Crippen molar-refractivity contribution in [1.29, 1.82) is 0 Å². The predicted octanol–water partition coefficient (Wildman–Crippen LogP) is 2.11. The second-order valence-electron chi connectivity index (χ2n) is 7.09. The number of nitrogens with two attached hydrogens (primary N) is 1. The highest BCUT2D eigenvalue weighted by molar-refractivity contribution is 4.94. The molecule has 0 radical (unpaired) electrons. The molecule has 2 unspecified atom stereocenters. The molecular formula is C15H30N2O. The molecule has 2 rings (SSSR count). The first-order valence-electron chi connectivity index (χ1n) is 7.51. The molecule has 0 aliphatic heterocycles. The molecule has 3 nitrogen and oxygen atoms in total. The second kappa shape index (κ2) is 5.89. The maximum Gasteiger partial charge on any atom is 0.0593 e. The Labute approximate surface area is 112 Å². The highest BCUT2D eigenvalue weighted by Gasteiger charge is 2.39. The summed E-state index contributed by atoms with van der Waals surface area (Å²) in [4.78, 5) is 2.39. The van der Waals surface area contributed by atoms with Gasteiger partial charge in [-0.25, -0.2) is 0 Å². The van der Waals surface area contributed by atoms with Gasteiger partial charge in [-0.1, -0.05) is 13.8 Å². The highest BCUT2D eigenvalue weighted by Crippen LogP contribution is 2.40. The minimum Gasteiger partial charge on any atom is -0.380 e. The lowest BCUT2D eigenvalue weighted by atomic mass is 9.85. The summed E-state index contributed by atoms with van der Waals surface area (Å²) in [5, 5.41) is 0. The van der Waals surface area contributed by atoms with Crippen LogP contribution in [0.4, 0.5) is 0 Å². The Hall–Kier alpha value is -0.120. The molecule has 0 aromatic carbocycles. The lowest BCUT2D eigenvalue weighted by Crippen LogP contribution is -2.41. The molecule has 0 bridgehead atoms. The number of rotatable bonds is 7. The molecular weight excluding hydrogens is 224 g/mol. The Balaban J connectivity index is 1.59. The van der Waals surface area contributed by atoms with Crippen molar-refractivity contribution in [1.82, 2.24) is 4.90 Å². The fraction of sp³-hybridized carbons (Fsp3) is 1.00. The van der Waals surface area contributed by atoms with E-state index in [2.05, 4.69) is 25.8 Å². The van der Waals surface area contributed by atoms with Gasteiger partial charge in [-0.05, 0) is 50.0 Å². The van der Waals surface area contributed by atoms with Crippen LogP contribution in [0.15, 0.2) is 0 Å². The van der Waals surface area contributed by atoms with Gasteiger partial charge in [0.05, 0.1) is 6.61 Å². The minimum atomic E-state index is 0.327. The van der Waals surface area contributed by atoms with Gasteiger partial charge in [-0.3, -0.25) is 0 Å². The predicted molar refractivity (Wildman–Crippen MR) is 75.5 cm³/mol. The van der Waals surface area contributed by atoms with Crippen molar-refractivity contribution < 1.29 is 4.74 Å². The van der Waals surface area contributed by atoms with E-state index < -0.39 is 0 Å². The van der Waals surface area contributed by atoms with Crippen LogP contribution in [-0.4, -0.2) is 44.3 Å². The number of nitrogens with zero attached hydrogens (tertiary/aromatic N) is 1. The van der Waals surface area contributed by atoms with Crippen LogP contribution in [0.1, 0.15) is 39.5 Å². The molecule has 0 spiro atoms. The number of hydrogen-bond acceptors (Lipinski definition) is 3. The van der Waals surface area contributed by atoms with Gasteiger partial charge >= 0.3 is 0 Å². The van der Waals surface area contributed by atoms with E-state index in [1.165, 1.54) is 25.7 Å². The van der Waals surface area contributed by atoms with Gasteiger partial charge < -0.3 is 15.4 Å². The van der Waals surface area contributed by atoms with Gasteiger partial charge in [0.1, 0.15) is 0 Å². The van der Waals surface area contributed by atoms with Crippen molar-refractivity contribution in [3.63, 3.8) is 0 Å². The monoisotopic (exact) mass is 254 g/mol. The van der Waals surface area contributed by atoms with Crippen LogP contribution in [0.3, 0.4) is 0 Å². The fourth-order valence-electron chi connectivity index (χ4n) is 2.99. The third-order valence-electron chi connectivity index (χ3n) is 4.78. The van der Waals surface area contributed by atoms with Crippen molar-refractivity contribution in [2.75, 3.05) is 33.4 Å². The number of ether oxygens (including phenoxy) is 1. The minimum absolute atomic E-state index is 0.327. The van der Waals surface area contributed by atoms with Crippen LogP contribution in [0.2, 0.25) is 0 Å². The van der Waals surface area contributed by atoms with Crippen molar-refractivity contribution in [2.24, 2.45) is 23.0 Å². The van der Waals surface area contributed by atoms with Gasteiger partial charge in [0, 0.05) is 25.7 Å². The van der Waals surface area contributed by atoms with Crippen LogP contribution < -0.4 is 5.73 Å². The third kappa shape index (κ3) is 3.94. The van der Waals surface area contributed by atoms with E-state index >= 15 is 0 Å². The maximum absolute atomic E-state index is 6.35. The molecule has 0 aromatic heterocycles. The smallest absolute Gasteiger partial charge is 0.0593 e.